The van der Waals surface area contributed by atoms with E-state index in [2.05, 4.69) is 20.0 Å². The van der Waals surface area contributed by atoms with E-state index in [1.54, 1.807) is 6.07 Å². The summed E-state index contributed by atoms with van der Waals surface area (Å²) in [5, 5.41) is 2.92. The highest BCUT2D eigenvalue weighted by molar-refractivity contribution is 7.89. The van der Waals surface area contributed by atoms with Crippen LogP contribution in [0.15, 0.2) is 6.07 Å². The lowest BCUT2D eigenvalue weighted by atomic mass is 10.2. The zero-order valence-electron chi connectivity index (χ0n) is 10.8. The van der Waals surface area contributed by atoms with Gasteiger partial charge in [0.15, 0.2) is 0 Å². The minimum Gasteiger partial charge on any atom is -0.384 e. The Labute approximate surface area is 107 Å². The van der Waals surface area contributed by atoms with Crippen LogP contribution in [-0.4, -0.2) is 37.7 Å². The van der Waals surface area contributed by atoms with Gasteiger partial charge in [-0.2, -0.15) is 0 Å². The van der Waals surface area contributed by atoms with Crippen molar-refractivity contribution >= 4 is 21.7 Å². The SMILES string of the molecule is CNS(=O)(=O)CCNc1cc(N)nc(C(C)C)n1. The van der Waals surface area contributed by atoms with E-state index in [0.29, 0.717) is 17.5 Å². The number of rotatable bonds is 6. The minimum atomic E-state index is -3.21. The lowest BCUT2D eigenvalue weighted by molar-refractivity contribution is 0.588. The number of nitrogens with zero attached hydrogens (tertiary/aromatic N) is 2. The summed E-state index contributed by atoms with van der Waals surface area (Å²) in [6, 6.07) is 1.58. The summed E-state index contributed by atoms with van der Waals surface area (Å²) in [5.41, 5.74) is 5.66. The van der Waals surface area contributed by atoms with Gasteiger partial charge in [-0.1, -0.05) is 13.8 Å². The van der Waals surface area contributed by atoms with Crippen LogP contribution in [0.4, 0.5) is 11.6 Å². The maximum Gasteiger partial charge on any atom is 0.213 e. The van der Waals surface area contributed by atoms with Gasteiger partial charge >= 0.3 is 0 Å². The van der Waals surface area contributed by atoms with Crippen LogP contribution in [0.3, 0.4) is 0 Å². The van der Waals surface area contributed by atoms with Crippen molar-refractivity contribution in [2.45, 2.75) is 19.8 Å². The monoisotopic (exact) mass is 273 g/mol. The number of hydrogen-bond donors (Lipinski definition) is 3. The molecule has 0 aliphatic carbocycles. The lowest BCUT2D eigenvalue weighted by Crippen LogP contribution is -2.26. The maximum atomic E-state index is 11.2. The second-order valence-electron chi connectivity index (χ2n) is 4.14. The fraction of sp³-hybridized carbons (Fsp3) is 0.600. The molecule has 0 saturated heterocycles. The highest BCUT2D eigenvalue weighted by Crippen LogP contribution is 2.14. The normalized spacial score (nSPS) is 11.8. The second-order valence-corrected chi connectivity index (χ2v) is 6.19. The average Bonchev–Trinajstić information content (AvgIpc) is 2.28. The van der Waals surface area contributed by atoms with Crippen LogP contribution >= 0.6 is 0 Å². The number of nitrogens with two attached hydrogens (primary N) is 1. The predicted octanol–water partition coefficient (Wildman–Crippen LogP) is 0.143. The third-order valence-electron chi connectivity index (χ3n) is 2.27. The van der Waals surface area contributed by atoms with Crippen molar-refractivity contribution in [1.82, 2.24) is 14.7 Å². The first-order chi connectivity index (χ1) is 8.34. The summed E-state index contributed by atoms with van der Waals surface area (Å²) >= 11 is 0. The Morgan fingerprint density at radius 1 is 1.39 bits per heavy atom. The third kappa shape index (κ3) is 4.46. The minimum absolute atomic E-state index is 0.0234. The first-order valence-electron chi connectivity index (χ1n) is 5.63. The van der Waals surface area contributed by atoms with Gasteiger partial charge in [-0.25, -0.2) is 23.1 Å². The van der Waals surface area contributed by atoms with Crippen molar-refractivity contribution in [1.29, 1.82) is 0 Å². The van der Waals surface area contributed by atoms with Gasteiger partial charge in [-0.05, 0) is 7.05 Å². The van der Waals surface area contributed by atoms with Gasteiger partial charge in [0.1, 0.15) is 17.5 Å². The molecule has 0 radical (unpaired) electrons. The summed E-state index contributed by atoms with van der Waals surface area (Å²) < 4.78 is 24.7. The van der Waals surface area contributed by atoms with Crippen molar-refractivity contribution < 1.29 is 8.42 Å². The topological polar surface area (TPSA) is 110 Å². The van der Waals surface area contributed by atoms with Crippen molar-refractivity contribution in [2.75, 3.05) is 30.4 Å². The van der Waals surface area contributed by atoms with Gasteiger partial charge < -0.3 is 11.1 Å². The fourth-order valence-corrected chi connectivity index (χ4v) is 1.82. The van der Waals surface area contributed by atoms with E-state index in [9.17, 15) is 8.42 Å². The molecule has 0 fully saturated rings. The Morgan fingerprint density at radius 3 is 2.61 bits per heavy atom. The van der Waals surface area contributed by atoms with E-state index >= 15 is 0 Å². The molecule has 0 unspecified atom stereocenters. The van der Waals surface area contributed by atoms with Crippen molar-refractivity contribution in [3.63, 3.8) is 0 Å². The van der Waals surface area contributed by atoms with Gasteiger partial charge in [-0.15, -0.1) is 0 Å². The third-order valence-corrected chi connectivity index (χ3v) is 3.63. The summed E-state index contributed by atoms with van der Waals surface area (Å²) in [5.74, 6) is 1.68. The first-order valence-corrected chi connectivity index (χ1v) is 7.29. The Hall–Kier alpha value is -1.41. The van der Waals surface area contributed by atoms with Gasteiger partial charge in [0, 0.05) is 18.5 Å². The Bertz CT molecular complexity index is 501. The van der Waals surface area contributed by atoms with Crippen LogP contribution in [0, 0.1) is 0 Å². The molecule has 7 nitrogen and oxygen atoms in total. The van der Waals surface area contributed by atoms with Crippen LogP contribution in [-0.2, 0) is 10.0 Å². The zero-order chi connectivity index (χ0) is 13.8. The van der Waals surface area contributed by atoms with E-state index in [1.807, 2.05) is 13.8 Å². The van der Waals surface area contributed by atoms with E-state index in [1.165, 1.54) is 7.05 Å². The van der Waals surface area contributed by atoms with E-state index < -0.39 is 10.0 Å². The van der Waals surface area contributed by atoms with Crippen LogP contribution in [0.5, 0.6) is 0 Å². The molecule has 0 bridgehead atoms. The van der Waals surface area contributed by atoms with Crippen LogP contribution in [0.1, 0.15) is 25.6 Å². The molecule has 0 aliphatic rings. The Balaban J connectivity index is 2.68. The second kappa shape index (κ2) is 5.96. The standard InChI is InChI=1S/C10H19N5O2S/c1-7(2)10-14-8(11)6-9(15-10)13-4-5-18(16,17)12-3/h6-7,12H,4-5H2,1-3H3,(H3,11,13,14,15). The van der Waals surface area contributed by atoms with Crippen LogP contribution in [0.2, 0.25) is 0 Å². The molecule has 0 aromatic carbocycles. The number of sulfonamides is 1. The van der Waals surface area contributed by atoms with Crippen molar-refractivity contribution in [2.24, 2.45) is 0 Å². The number of aromatic nitrogens is 2. The van der Waals surface area contributed by atoms with E-state index in [0.717, 1.165) is 0 Å². The number of hydrogen-bond acceptors (Lipinski definition) is 6. The largest absolute Gasteiger partial charge is 0.384 e. The molecule has 0 saturated carbocycles. The van der Waals surface area contributed by atoms with Crippen LogP contribution < -0.4 is 15.8 Å². The van der Waals surface area contributed by atoms with Gasteiger partial charge in [-0.3, -0.25) is 0 Å². The molecular formula is C10H19N5O2S. The quantitative estimate of drug-likeness (QED) is 0.680. The summed E-state index contributed by atoms with van der Waals surface area (Å²) in [6.07, 6.45) is 0. The first kappa shape index (κ1) is 14.7. The molecule has 1 heterocycles. The maximum absolute atomic E-state index is 11.2. The molecule has 0 atom stereocenters. The van der Waals surface area contributed by atoms with Crippen molar-refractivity contribution in [3.05, 3.63) is 11.9 Å². The smallest absolute Gasteiger partial charge is 0.213 e. The molecular weight excluding hydrogens is 254 g/mol. The van der Waals surface area contributed by atoms with Gasteiger partial charge in [0.25, 0.3) is 0 Å². The molecule has 0 aliphatic heterocycles. The van der Waals surface area contributed by atoms with Crippen LogP contribution in [0.25, 0.3) is 0 Å². The molecule has 0 spiro atoms. The van der Waals surface area contributed by atoms with E-state index in [-0.39, 0.29) is 18.2 Å². The lowest BCUT2D eigenvalue weighted by Gasteiger charge is -2.10. The summed E-state index contributed by atoms with van der Waals surface area (Å²) in [6.45, 7) is 4.19. The Kier molecular flexibility index (Phi) is 4.85. The highest BCUT2D eigenvalue weighted by atomic mass is 32.2. The molecule has 4 N–H and O–H groups in total. The van der Waals surface area contributed by atoms with Gasteiger partial charge in [0.2, 0.25) is 10.0 Å². The fourth-order valence-electron chi connectivity index (χ4n) is 1.25. The molecule has 1 aromatic rings. The molecule has 18 heavy (non-hydrogen) atoms. The average molecular weight is 273 g/mol. The molecule has 1 rings (SSSR count). The predicted molar refractivity (Wildman–Crippen MR) is 71.9 cm³/mol. The van der Waals surface area contributed by atoms with E-state index in [4.69, 9.17) is 5.73 Å². The molecule has 1 aromatic heterocycles. The Morgan fingerprint density at radius 2 is 2.06 bits per heavy atom. The summed E-state index contributed by atoms with van der Waals surface area (Å²) in [4.78, 5) is 8.36. The number of nitrogens with one attached hydrogen (secondary N) is 2. The highest BCUT2D eigenvalue weighted by Gasteiger charge is 2.08. The number of anilines is 2. The summed E-state index contributed by atoms with van der Waals surface area (Å²) in [7, 11) is -1.83. The molecule has 102 valence electrons. The zero-order valence-corrected chi connectivity index (χ0v) is 11.6. The van der Waals surface area contributed by atoms with Gasteiger partial charge in [0.05, 0.1) is 5.75 Å². The number of nitrogen functional groups attached to an aromatic ring is 1. The van der Waals surface area contributed by atoms with Crippen molar-refractivity contribution in [3.8, 4) is 0 Å². The molecule has 0 amide bonds. The molecule has 8 heteroatoms.